The predicted octanol–water partition coefficient (Wildman–Crippen LogP) is 2.85. The molecule has 2 aliphatic rings. The van der Waals surface area contributed by atoms with Gasteiger partial charge in [-0.05, 0) is 5.56 Å². The first kappa shape index (κ1) is 11.9. The highest BCUT2D eigenvalue weighted by atomic mass is 32.1. The number of thiazole rings is 1. The zero-order chi connectivity index (χ0) is 13.7. The molecule has 2 aromatic rings. The molecule has 1 aromatic carbocycles. The Morgan fingerprint density at radius 3 is 3.05 bits per heavy atom. The van der Waals surface area contributed by atoms with Gasteiger partial charge in [-0.25, -0.2) is 9.78 Å². The average molecular weight is 282 g/mol. The molecule has 100 valence electrons. The summed E-state index contributed by atoms with van der Waals surface area (Å²) in [6, 6.07) is 8.50. The zero-order valence-electron chi connectivity index (χ0n) is 11.2. The topological polar surface area (TPSA) is 33.2 Å². The Morgan fingerprint density at radius 2 is 2.25 bits per heavy atom. The Balaban J connectivity index is 1.70. The molecule has 4 rings (SSSR count). The maximum atomic E-state index is 10.9. The van der Waals surface area contributed by atoms with Crippen LogP contribution < -0.4 is 0 Å². The molecule has 20 heavy (non-hydrogen) atoms. The van der Waals surface area contributed by atoms with Gasteiger partial charge in [0, 0.05) is 42.8 Å². The van der Waals surface area contributed by atoms with Crippen LogP contribution in [0.15, 0.2) is 30.0 Å². The van der Waals surface area contributed by atoms with Crippen LogP contribution in [-0.4, -0.2) is 29.4 Å². The summed E-state index contributed by atoms with van der Waals surface area (Å²) in [6.45, 7) is 0.874. The van der Waals surface area contributed by atoms with Gasteiger partial charge in [-0.3, -0.25) is 0 Å². The summed E-state index contributed by atoms with van der Waals surface area (Å²) < 4.78 is 0. The lowest BCUT2D eigenvalue weighted by Gasteiger charge is -2.09. The van der Waals surface area contributed by atoms with Gasteiger partial charge in [0.05, 0.1) is 16.4 Å². The van der Waals surface area contributed by atoms with Gasteiger partial charge < -0.3 is 4.90 Å². The normalized spacial score (nSPS) is 19.9. The standard InChI is InChI=1S/C16H14N2OS/c1-18-8-11(6-12(18)9-19)16-17-15-13-5-3-2-4-10(13)7-14(15)20-16/h2-5,11H,6-8H2,1H3. The first-order valence-electron chi connectivity index (χ1n) is 6.79. The van der Waals surface area contributed by atoms with Crippen molar-refractivity contribution >= 4 is 17.3 Å². The highest BCUT2D eigenvalue weighted by Crippen LogP contribution is 2.43. The first-order valence-corrected chi connectivity index (χ1v) is 7.61. The lowest BCUT2D eigenvalue weighted by Crippen LogP contribution is -2.12. The Morgan fingerprint density at radius 1 is 1.40 bits per heavy atom. The summed E-state index contributed by atoms with van der Waals surface area (Å²) in [5.74, 6) is 2.39. The van der Waals surface area contributed by atoms with Crippen molar-refractivity contribution in [3.63, 3.8) is 0 Å². The number of benzene rings is 1. The monoisotopic (exact) mass is 282 g/mol. The van der Waals surface area contributed by atoms with E-state index in [9.17, 15) is 4.79 Å². The summed E-state index contributed by atoms with van der Waals surface area (Å²) >= 11 is 1.81. The number of hydrogen-bond donors (Lipinski definition) is 0. The zero-order valence-corrected chi connectivity index (χ0v) is 12.0. The van der Waals surface area contributed by atoms with Crippen LogP contribution in [0.25, 0.3) is 11.3 Å². The molecule has 2 heterocycles. The molecule has 3 nitrogen and oxygen atoms in total. The second kappa shape index (κ2) is 4.30. The van der Waals surface area contributed by atoms with Crippen LogP contribution in [0.5, 0.6) is 0 Å². The Hall–Kier alpha value is -1.90. The molecule has 1 aromatic heterocycles. The number of aromatic nitrogens is 1. The minimum absolute atomic E-state index is 0.346. The van der Waals surface area contributed by atoms with Gasteiger partial charge in [0.2, 0.25) is 0 Å². The molecule has 1 atom stereocenters. The Labute approximate surface area is 121 Å². The predicted molar refractivity (Wildman–Crippen MR) is 79.6 cm³/mol. The van der Waals surface area contributed by atoms with Gasteiger partial charge in [-0.1, -0.05) is 24.3 Å². The third-order valence-corrected chi connectivity index (χ3v) is 5.42. The Kier molecular flexibility index (Phi) is 2.56. The van der Waals surface area contributed by atoms with E-state index >= 15 is 0 Å². The van der Waals surface area contributed by atoms with Crippen LogP contribution in [0, 0.1) is 0 Å². The number of fused-ring (bicyclic) bond motifs is 3. The molecule has 1 saturated heterocycles. The molecule has 1 aliphatic carbocycles. The van der Waals surface area contributed by atoms with Crippen molar-refractivity contribution in [1.82, 2.24) is 9.88 Å². The second-order valence-corrected chi connectivity index (χ2v) is 6.60. The molecule has 1 unspecified atom stereocenters. The largest absolute Gasteiger partial charge is 0.368 e. The number of likely N-dealkylation sites (N-methyl/N-ethyl adjacent to an activating group) is 1. The van der Waals surface area contributed by atoms with Crippen molar-refractivity contribution in [2.24, 2.45) is 0 Å². The van der Waals surface area contributed by atoms with Gasteiger partial charge in [0.1, 0.15) is 5.94 Å². The molecule has 1 aliphatic heterocycles. The van der Waals surface area contributed by atoms with Crippen molar-refractivity contribution in [2.45, 2.75) is 18.8 Å². The third kappa shape index (κ3) is 1.65. The van der Waals surface area contributed by atoms with Crippen molar-refractivity contribution in [3.8, 4) is 11.3 Å². The first-order chi connectivity index (χ1) is 9.76. The maximum absolute atomic E-state index is 10.9. The van der Waals surface area contributed by atoms with E-state index in [1.165, 1.54) is 21.0 Å². The van der Waals surface area contributed by atoms with Gasteiger partial charge in [0.25, 0.3) is 0 Å². The molecule has 4 heteroatoms. The second-order valence-electron chi connectivity index (χ2n) is 5.49. The van der Waals surface area contributed by atoms with E-state index in [2.05, 4.69) is 24.3 Å². The lowest BCUT2D eigenvalue weighted by atomic mass is 10.1. The molecule has 0 amide bonds. The molecular formula is C16H14N2OS. The van der Waals surface area contributed by atoms with Gasteiger partial charge in [0.15, 0.2) is 0 Å². The van der Waals surface area contributed by atoms with Crippen LogP contribution in [0.2, 0.25) is 0 Å². The van der Waals surface area contributed by atoms with E-state index in [1.54, 1.807) is 0 Å². The SMILES string of the molecule is CN1CC(c2nc3c(s2)Cc2ccccc2-3)CC1=C=O. The lowest BCUT2D eigenvalue weighted by molar-refractivity contribution is 0.464. The molecule has 0 N–H and O–H groups in total. The molecule has 1 fully saturated rings. The highest BCUT2D eigenvalue weighted by molar-refractivity contribution is 7.12. The number of allylic oxidation sites excluding steroid dienone is 1. The fourth-order valence-corrected chi connectivity index (χ4v) is 4.33. The number of likely N-dealkylation sites (tertiary alicyclic amines) is 1. The van der Waals surface area contributed by atoms with E-state index in [-0.39, 0.29) is 0 Å². The van der Waals surface area contributed by atoms with Crippen LogP contribution >= 0.6 is 11.3 Å². The minimum atomic E-state index is 0.346. The van der Waals surface area contributed by atoms with E-state index < -0.39 is 0 Å². The quantitative estimate of drug-likeness (QED) is 0.643. The average Bonchev–Trinajstić information content (AvgIpc) is 3.10. The fourth-order valence-electron chi connectivity index (χ4n) is 3.13. The van der Waals surface area contributed by atoms with Crippen molar-refractivity contribution in [1.29, 1.82) is 0 Å². The molecule has 0 saturated carbocycles. The molecular weight excluding hydrogens is 268 g/mol. The van der Waals surface area contributed by atoms with E-state index in [0.29, 0.717) is 5.92 Å². The fraction of sp³-hybridized carbons (Fsp3) is 0.312. The number of hydrogen-bond acceptors (Lipinski definition) is 4. The summed E-state index contributed by atoms with van der Waals surface area (Å²) in [6.07, 6.45) is 1.77. The summed E-state index contributed by atoms with van der Waals surface area (Å²) in [5, 5.41) is 1.17. The van der Waals surface area contributed by atoms with E-state index in [0.717, 1.165) is 30.8 Å². The molecule has 0 spiro atoms. The van der Waals surface area contributed by atoms with E-state index in [1.807, 2.05) is 29.2 Å². The molecule has 0 bridgehead atoms. The van der Waals surface area contributed by atoms with E-state index in [4.69, 9.17) is 4.98 Å². The van der Waals surface area contributed by atoms with Gasteiger partial charge in [-0.15, -0.1) is 11.3 Å². The minimum Gasteiger partial charge on any atom is -0.368 e. The number of rotatable bonds is 1. The summed E-state index contributed by atoms with van der Waals surface area (Å²) in [4.78, 5) is 19.1. The molecule has 0 radical (unpaired) electrons. The van der Waals surface area contributed by atoms with Crippen molar-refractivity contribution in [3.05, 3.63) is 45.4 Å². The van der Waals surface area contributed by atoms with Crippen LogP contribution in [0.3, 0.4) is 0 Å². The maximum Gasteiger partial charge on any atom is 0.145 e. The third-order valence-electron chi connectivity index (χ3n) is 4.20. The van der Waals surface area contributed by atoms with Crippen LogP contribution in [0.1, 0.15) is 27.8 Å². The van der Waals surface area contributed by atoms with Gasteiger partial charge in [-0.2, -0.15) is 0 Å². The Bertz CT molecular complexity index is 743. The number of carbonyl (C=O) groups excluding carboxylic acids is 1. The van der Waals surface area contributed by atoms with Crippen molar-refractivity contribution in [2.75, 3.05) is 13.6 Å². The van der Waals surface area contributed by atoms with Crippen molar-refractivity contribution < 1.29 is 4.79 Å². The number of nitrogens with zero attached hydrogens (tertiary/aromatic N) is 2. The summed E-state index contributed by atoms with van der Waals surface area (Å²) in [5.41, 5.74) is 4.59. The summed E-state index contributed by atoms with van der Waals surface area (Å²) in [7, 11) is 1.96. The smallest absolute Gasteiger partial charge is 0.145 e. The van der Waals surface area contributed by atoms with Crippen LogP contribution in [0.4, 0.5) is 0 Å². The van der Waals surface area contributed by atoms with Crippen LogP contribution in [-0.2, 0) is 11.2 Å². The highest BCUT2D eigenvalue weighted by Gasteiger charge is 2.31. The van der Waals surface area contributed by atoms with Gasteiger partial charge >= 0.3 is 0 Å².